The second kappa shape index (κ2) is 5.66. The molecular formula is C14H15N3O4. The number of carboxylic acids is 1. The molecule has 2 rings (SSSR count). The van der Waals surface area contributed by atoms with Gasteiger partial charge in [0.1, 0.15) is 0 Å². The number of aliphatic carboxylic acids is 1. The molecule has 0 saturated heterocycles. The van der Waals surface area contributed by atoms with Gasteiger partial charge < -0.3 is 5.11 Å². The average Bonchev–Trinajstić information content (AvgIpc) is 2.42. The maximum Gasteiger partial charge on any atom is 0.333 e. The monoisotopic (exact) mass is 289 g/mol. The third-order valence-electron chi connectivity index (χ3n) is 3.26. The van der Waals surface area contributed by atoms with Crippen LogP contribution in [0.3, 0.4) is 0 Å². The zero-order valence-electron chi connectivity index (χ0n) is 11.7. The predicted molar refractivity (Wildman–Crippen MR) is 77.8 cm³/mol. The van der Waals surface area contributed by atoms with Crippen LogP contribution in [0.4, 0.5) is 11.4 Å². The zero-order chi connectivity index (χ0) is 15.6. The smallest absolute Gasteiger partial charge is 0.333 e. The molecule has 0 atom stereocenters. The zero-order valence-corrected chi connectivity index (χ0v) is 11.7. The Hall–Kier alpha value is -2.83. The molecule has 0 amide bonds. The van der Waals surface area contributed by atoms with Gasteiger partial charge >= 0.3 is 5.97 Å². The molecule has 0 spiro atoms. The van der Waals surface area contributed by atoms with Crippen LogP contribution >= 0.6 is 0 Å². The largest absolute Gasteiger partial charge is 0.478 e. The number of nitro benzene ring substituents is 1. The van der Waals surface area contributed by atoms with Crippen LogP contribution in [0.5, 0.6) is 0 Å². The Morgan fingerprint density at radius 2 is 2.14 bits per heavy atom. The first-order chi connectivity index (χ1) is 9.90. The lowest BCUT2D eigenvalue weighted by atomic mass is 10.1. The minimum absolute atomic E-state index is 0.0648. The number of aryl methyl sites for hydroxylation is 1. The van der Waals surface area contributed by atoms with Crippen LogP contribution < -0.4 is 5.43 Å². The Bertz CT molecular complexity index is 664. The van der Waals surface area contributed by atoms with E-state index in [4.69, 9.17) is 5.11 Å². The molecule has 0 aromatic heterocycles. The second-order valence-electron chi connectivity index (χ2n) is 4.74. The molecule has 1 heterocycles. The molecule has 110 valence electrons. The highest BCUT2D eigenvalue weighted by Gasteiger charge is 2.19. The van der Waals surface area contributed by atoms with Gasteiger partial charge in [0.15, 0.2) is 0 Å². The molecule has 2 N–H and O–H groups in total. The van der Waals surface area contributed by atoms with Crippen molar-refractivity contribution in [3.05, 3.63) is 57.3 Å². The van der Waals surface area contributed by atoms with Gasteiger partial charge in [-0.2, -0.15) is 0 Å². The minimum atomic E-state index is -0.988. The standard InChI is InChI=1S/C14H15N3O4/c1-9-5-6-12(10(2)13(9)17(20)21)15-16-7-3-4-11(8-16)14(18)19/h3-7,15H,8H2,1-2H3,(H,18,19). The highest BCUT2D eigenvalue weighted by molar-refractivity contribution is 5.87. The van der Waals surface area contributed by atoms with Crippen molar-refractivity contribution in [3.8, 4) is 0 Å². The van der Waals surface area contributed by atoms with E-state index in [1.165, 1.54) is 6.08 Å². The van der Waals surface area contributed by atoms with Crippen molar-refractivity contribution in [2.75, 3.05) is 12.0 Å². The molecule has 1 aromatic rings. The molecule has 1 aliphatic heterocycles. The van der Waals surface area contributed by atoms with Crippen LogP contribution in [-0.4, -0.2) is 27.6 Å². The van der Waals surface area contributed by atoms with Gasteiger partial charge in [-0.15, -0.1) is 0 Å². The van der Waals surface area contributed by atoms with Crippen LogP contribution in [0, 0.1) is 24.0 Å². The first kappa shape index (κ1) is 14.6. The second-order valence-corrected chi connectivity index (χ2v) is 4.74. The third-order valence-corrected chi connectivity index (χ3v) is 3.26. The fourth-order valence-corrected chi connectivity index (χ4v) is 2.16. The SMILES string of the molecule is Cc1ccc(NN2C=CC=C(C(=O)O)C2)c(C)c1[N+](=O)[O-]. The van der Waals surface area contributed by atoms with Crippen molar-refractivity contribution >= 4 is 17.3 Å². The van der Waals surface area contributed by atoms with E-state index >= 15 is 0 Å². The van der Waals surface area contributed by atoms with Crippen LogP contribution in [0.25, 0.3) is 0 Å². The highest BCUT2D eigenvalue weighted by atomic mass is 16.6. The van der Waals surface area contributed by atoms with Crippen molar-refractivity contribution < 1.29 is 14.8 Å². The summed E-state index contributed by atoms with van der Waals surface area (Å²) in [5.74, 6) is -0.988. The van der Waals surface area contributed by atoms with E-state index in [0.29, 0.717) is 16.8 Å². The van der Waals surface area contributed by atoms with Crippen molar-refractivity contribution in [1.82, 2.24) is 5.01 Å². The van der Waals surface area contributed by atoms with Crippen LogP contribution in [0.1, 0.15) is 11.1 Å². The molecule has 0 saturated carbocycles. The molecule has 0 fully saturated rings. The van der Waals surface area contributed by atoms with Gasteiger partial charge in [0, 0.05) is 11.8 Å². The van der Waals surface area contributed by atoms with E-state index < -0.39 is 10.9 Å². The lowest BCUT2D eigenvalue weighted by Gasteiger charge is -2.25. The number of nitro groups is 1. The van der Waals surface area contributed by atoms with Crippen LogP contribution in [0.2, 0.25) is 0 Å². The topological polar surface area (TPSA) is 95.7 Å². The number of hydrazine groups is 1. The molecule has 0 aliphatic carbocycles. The first-order valence-corrected chi connectivity index (χ1v) is 6.28. The van der Waals surface area contributed by atoms with Gasteiger partial charge in [0.05, 0.1) is 28.3 Å². The van der Waals surface area contributed by atoms with E-state index in [9.17, 15) is 14.9 Å². The maximum atomic E-state index is 11.1. The molecule has 0 bridgehead atoms. The fraction of sp³-hybridized carbons (Fsp3) is 0.214. The molecule has 1 aromatic carbocycles. The number of carboxylic acid groups (broad SMARTS) is 1. The summed E-state index contributed by atoms with van der Waals surface area (Å²) in [6.07, 6.45) is 4.81. The number of benzene rings is 1. The molecule has 1 aliphatic rings. The van der Waals surface area contributed by atoms with Crippen LogP contribution in [-0.2, 0) is 4.79 Å². The number of carbonyl (C=O) groups is 1. The molecule has 21 heavy (non-hydrogen) atoms. The summed E-state index contributed by atoms with van der Waals surface area (Å²) < 4.78 is 0. The Morgan fingerprint density at radius 1 is 1.43 bits per heavy atom. The van der Waals surface area contributed by atoms with E-state index in [1.807, 2.05) is 0 Å². The lowest BCUT2D eigenvalue weighted by molar-refractivity contribution is -0.386. The van der Waals surface area contributed by atoms with Gasteiger partial charge in [-0.1, -0.05) is 6.07 Å². The summed E-state index contributed by atoms with van der Waals surface area (Å²) in [7, 11) is 0. The first-order valence-electron chi connectivity index (χ1n) is 6.28. The summed E-state index contributed by atoms with van der Waals surface area (Å²) >= 11 is 0. The average molecular weight is 289 g/mol. The van der Waals surface area contributed by atoms with E-state index in [0.717, 1.165) is 0 Å². The third kappa shape index (κ3) is 3.02. The highest BCUT2D eigenvalue weighted by Crippen LogP contribution is 2.29. The number of rotatable bonds is 4. The lowest BCUT2D eigenvalue weighted by Crippen LogP contribution is -2.30. The fourth-order valence-electron chi connectivity index (χ4n) is 2.16. The molecular weight excluding hydrogens is 274 g/mol. The van der Waals surface area contributed by atoms with Gasteiger partial charge in [-0.25, -0.2) is 4.79 Å². The summed E-state index contributed by atoms with van der Waals surface area (Å²) in [6, 6.07) is 3.40. The van der Waals surface area contributed by atoms with Crippen LogP contribution in [0.15, 0.2) is 36.1 Å². The Kier molecular flexibility index (Phi) is 3.93. The van der Waals surface area contributed by atoms with Crippen molar-refractivity contribution in [2.45, 2.75) is 13.8 Å². The number of allylic oxidation sites excluding steroid dienone is 2. The van der Waals surface area contributed by atoms with Gasteiger partial charge in [-0.05, 0) is 32.1 Å². The summed E-state index contributed by atoms with van der Waals surface area (Å²) in [5.41, 5.74) is 4.97. The summed E-state index contributed by atoms with van der Waals surface area (Å²) in [6.45, 7) is 3.52. The number of nitrogens with zero attached hydrogens (tertiary/aromatic N) is 2. The van der Waals surface area contributed by atoms with Crippen molar-refractivity contribution in [1.29, 1.82) is 0 Å². The van der Waals surface area contributed by atoms with Crippen molar-refractivity contribution in [2.24, 2.45) is 0 Å². The predicted octanol–water partition coefficient (Wildman–Crippen LogP) is 2.38. The summed E-state index contributed by atoms with van der Waals surface area (Å²) in [4.78, 5) is 21.6. The number of anilines is 1. The van der Waals surface area contributed by atoms with E-state index in [-0.39, 0.29) is 17.8 Å². The van der Waals surface area contributed by atoms with E-state index in [2.05, 4.69) is 5.43 Å². The van der Waals surface area contributed by atoms with Gasteiger partial charge in [-0.3, -0.25) is 20.5 Å². The molecule has 7 nitrogen and oxygen atoms in total. The molecule has 7 heteroatoms. The maximum absolute atomic E-state index is 11.1. The van der Waals surface area contributed by atoms with Crippen molar-refractivity contribution in [3.63, 3.8) is 0 Å². The van der Waals surface area contributed by atoms with Gasteiger partial charge in [0.2, 0.25) is 0 Å². The Balaban J connectivity index is 2.24. The van der Waals surface area contributed by atoms with Gasteiger partial charge in [0.25, 0.3) is 5.69 Å². The minimum Gasteiger partial charge on any atom is -0.478 e. The van der Waals surface area contributed by atoms with E-state index in [1.54, 1.807) is 43.3 Å². The quantitative estimate of drug-likeness (QED) is 0.652. The number of hydrogen-bond acceptors (Lipinski definition) is 5. The molecule has 0 unspecified atom stereocenters. The summed E-state index contributed by atoms with van der Waals surface area (Å²) in [5, 5.41) is 21.7. The Labute approximate surface area is 121 Å². The number of nitrogens with one attached hydrogen (secondary N) is 1. The molecule has 0 radical (unpaired) electrons. The Morgan fingerprint density at radius 3 is 2.76 bits per heavy atom. The number of hydrogen-bond donors (Lipinski definition) is 2. The normalized spacial score (nSPS) is 13.8.